The van der Waals surface area contributed by atoms with Crippen LogP contribution in [0.15, 0.2) is 42.9 Å². The van der Waals surface area contributed by atoms with E-state index in [9.17, 15) is 4.79 Å². The van der Waals surface area contributed by atoms with Gasteiger partial charge in [-0.25, -0.2) is 4.98 Å². The second kappa shape index (κ2) is 5.52. The number of anilines is 1. The number of amides is 1. The van der Waals surface area contributed by atoms with Crippen LogP contribution in [-0.4, -0.2) is 20.4 Å². The molecule has 0 saturated carbocycles. The van der Waals surface area contributed by atoms with Crippen LogP contribution in [0.25, 0.3) is 5.69 Å². The number of nitrogens with one attached hydrogen (secondary N) is 2. The van der Waals surface area contributed by atoms with Crippen molar-refractivity contribution < 1.29 is 4.79 Å². The van der Waals surface area contributed by atoms with Gasteiger partial charge in [-0.1, -0.05) is 0 Å². The Bertz CT molecular complexity index is 812. The first kappa shape index (κ1) is 14.1. The Morgan fingerprint density at radius 1 is 1.18 bits per heavy atom. The Kier molecular flexibility index (Phi) is 3.55. The third kappa shape index (κ3) is 2.65. The SMILES string of the molecule is Cc1c[nH]c(C(=O)Nc2ccc(-n3cnc(C)c3C)cc2)c1. The molecule has 3 rings (SSSR count). The molecular weight excluding hydrogens is 276 g/mol. The predicted octanol–water partition coefficient (Wildman–Crippen LogP) is 3.38. The molecule has 0 aliphatic heterocycles. The van der Waals surface area contributed by atoms with Gasteiger partial charge in [0.05, 0.1) is 12.0 Å². The summed E-state index contributed by atoms with van der Waals surface area (Å²) in [6.45, 7) is 5.96. The minimum absolute atomic E-state index is 0.143. The fraction of sp³-hybridized carbons (Fsp3) is 0.176. The maximum atomic E-state index is 12.1. The number of rotatable bonds is 3. The lowest BCUT2D eigenvalue weighted by molar-refractivity contribution is 0.102. The first-order valence-electron chi connectivity index (χ1n) is 7.12. The van der Waals surface area contributed by atoms with Gasteiger partial charge in [-0.05, 0) is 56.7 Å². The Hall–Kier alpha value is -2.82. The lowest BCUT2D eigenvalue weighted by atomic mass is 10.2. The zero-order valence-electron chi connectivity index (χ0n) is 12.8. The van der Waals surface area contributed by atoms with Gasteiger partial charge < -0.3 is 14.9 Å². The van der Waals surface area contributed by atoms with Crippen molar-refractivity contribution in [2.75, 3.05) is 5.32 Å². The Balaban J connectivity index is 1.77. The van der Waals surface area contributed by atoms with Gasteiger partial charge in [0.15, 0.2) is 0 Å². The molecule has 0 saturated heterocycles. The highest BCUT2D eigenvalue weighted by Gasteiger charge is 2.08. The first-order valence-corrected chi connectivity index (χ1v) is 7.12. The minimum Gasteiger partial charge on any atom is -0.357 e. The predicted molar refractivity (Wildman–Crippen MR) is 86.5 cm³/mol. The van der Waals surface area contributed by atoms with Crippen molar-refractivity contribution >= 4 is 11.6 Å². The van der Waals surface area contributed by atoms with Gasteiger partial charge in [0.1, 0.15) is 5.69 Å². The van der Waals surface area contributed by atoms with Crippen molar-refractivity contribution in [1.29, 1.82) is 0 Å². The summed E-state index contributed by atoms with van der Waals surface area (Å²) in [5, 5.41) is 2.87. The van der Waals surface area contributed by atoms with Crippen molar-refractivity contribution in [3.8, 4) is 5.69 Å². The van der Waals surface area contributed by atoms with E-state index in [2.05, 4.69) is 15.3 Å². The summed E-state index contributed by atoms with van der Waals surface area (Å²) in [6.07, 6.45) is 3.61. The number of aromatic amines is 1. The molecular formula is C17H18N4O. The molecule has 2 N–H and O–H groups in total. The highest BCUT2D eigenvalue weighted by atomic mass is 16.1. The lowest BCUT2D eigenvalue weighted by Gasteiger charge is -2.08. The van der Waals surface area contributed by atoms with Crippen LogP contribution in [0.1, 0.15) is 27.4 Å². The van der Waals surface area contributed by atoms with E-state index in [0.29, 0.717) is 5.69 Å². The zero-order valence-corrected chi connectivity index (χ0v) is 12.8. The molecule has 1 amide bonds. The van der Waals surface area contributed by atoms with Crippen molar-refractivity contribution in [3.05, 3.63) is 65.5 Å². The van der Waals surface area contributed by atoms with Gasteiger partial charge in [0.2, 0.25) is 0 Å². The summed E-state index contributed by atoms with van der Waals surface area (Å²) in [5.74, 6) is -0.143. The summed E-state index contributed by atoms with van der Waals surface area (Å²) in [5.41, 5.74) is 5.49. The number of benzene rings is 1. The minimum atomic E-state index is -0.143. The van der Waals surface area contributed by atoms with Crippen LogP contribution < -0.4 is 5.32 Å². The number of H-pyrrole nitrogens is 1. The highest BCUT2D eigenvalue weighted by molar-refractivity contribution is 6.03. The molecule has 0 radical (unpaired) electrons. The monoisotopic (exact) mass is 294 g/mol. The second-order valence-corrected chi connectivity index (χ2v) is 5.38. The Labute approximate surface area is 129 Å². The molecule has 0 aliphatic rings. The largest absolute Gasteiger partial charge is 0.357 e. The molecule has 22 heavy (non-hydrogen) atoms. The fourth-order valence-electron chi connectivity index (χ4n) is 2.30. The normalized spacial score (nSPS) is 10.7. The van der Waals surface area contributed by atoms with Crippen LogP contribution in [0, 0.1) is 20.8 Å². The molecule has 2 aromatic heterocycles. The molecule has 3 aromatic rings. The Morgan fingerprint density at radius 2 is 1.91 bits per heavy atom. The zero-order chi connectivity index (χ0) is 15.7. The van der Waals surface area contributed by atoms with Gasteiger partial charge in [-0.2, -0.15) is 0 Å². The van der Waals surface area contributed by atoms with Crippen molar-refractivity contribution in [3.63, 3.8) is 0 Å². The number of imidazole rings is 1. The van der Waals surface area contributed by atoms with Crippen LogP contribution in [0.5, 0.6) is 0 Å². The van der Waals surface area contributed by atoms with Gasteiger partial charge in [-0.3, -0.25) is 4.79 Å². The van der Waals surface area contributed by atoms with E-state index in [4.69, 9.17) is 0 Å². The average Bonchev–Trinajstić information content (AvgIpc) is 3.08. The molecule has 0 spiro atoms. The van der Waals surface area contributed by atoms with Crippen LogP contribution in [0.3, 0.4) is 0 Å². The molecule has 1 aromatic carbocycles. The molecule has 0 fully saturated rings. The smallest absolute Gasteiger partial charge is 0.272 e. The van der Waals surface area contributed by atoms with Crippen LogP contribution >= 0.6 is 0 Å². The molecule has 5 heteroatoms. The van der Waals surface area contributed by atoms with Crippen LogP contribution in [0.2, 0.25) is 0 Å². The molecule has 2 heterocycles. The van der Waals surface area contributed by atoms with Gasteiger partial charge >= 0.3 is 0 Å². The maximum Gasteiger partial charge on any atom is 0.272 e. The summed E-state index contributed by atoms with van der Waals surface area (Å²) < 4.78 is 2.02. The van der Waals surface area contributed by atoms with Crippen LogP contribution in [0.4, 0.5) is 5.69 Å². The third-order valence-electron chi connectivity index (χ3n) is 3.73. The van der Waals surface area contributed by atoms with Crippen molar-refractivity contribution in [2.24, 2.45) is 0 Å². The van der Waals surface area contributed by atoms with E-state index in [0.717, 1.165) is 28.3 Å². The first-order chi connectivity index (χ1) is 10.5. The number of hydrogen-bond donors (Lipinski definition) is 2. The van der Waals surface area contributed by atoms with Gasteiger partial charge in [0.25, 0.3) is 5.91 Å². The van der Waals surface area contributed by atoms with E-state index in [1.54, 1.807) is 6.33 Å². The number of aromatic nitrogens is 3. The molecule has 0 atom stereocenters. The van der Waals surface area contributed by atoms with Crippen LogP contribution in [-0.2, 0) is 0 Å². The number of aryl methyl sites for hydroxylation is 2. The summed E-state index contributed by atoms with van der Waals surface area (Å²) in [7, 11) is 0. The standard InChI is InChI=1S/C17H18N4O/c1-11-8-16(18-9-11)17(22)20-14-4-6-15(7-5-14)21-10-19-12(2)13(21)3/h4-10,18H,1-3H3,(H,20,22). The molecule has 0 aliphatic carbocycles. The quantitative estimate of drug-likeness (QED) is 0.778. The number of carbonyl (C=O) groups is 1. The summed E-state index contributed by atoms with van der Waals surface area (Å²) in [4.78, 5) is 19.3. The number of nitrogens with zero attached hydrogens (tertiary/aromatic N) is 2. The Morgan fingerprint density at radius 3 is 2.45 bits per heavy atom. The van der Waals surface area contributed by atoms with Gasteiger partial charge in [-0.15, -0.1) is 0 Å². The number of carbonyl (C=O) groups excluding carboxylic acids is 1. The molecule has 5 nitrogen and oxygen atoms in total. The van der Waals surface area contributed by atoms with E-state index < -0.39 is 0 Å². The summed E-state index contributed by atoms with van der Waals surface area (Å²) in [6, 6.07) is 9.52. The lowest BCUT2D eigenvalue weighted by Crippen LogP contribution is -2.12. The van der Waals surface area contributed by atoms with E-state index in [1.165, 1.54) is 0 Å². The van der Waals surface area contributed by atoms with Crippen molar-refractivity contribution in [2.45, 2.75) is 20.8 Å². The number of hydrogen-bond acceptors (Lipinski definition) is 2. The second-order valence-electron chi connectivity index (χ2n) is 5.38. The molecule has 0 unspecified atom stereocenters. The highest BCUT2D eigenvalue weighted by Crippen LogP contribution is 2.17. The molecule has 0 bridgehead atoms. The third-order valence-corrected chi connectivity index (χ3v) is 3.73. The van der Waals surface area contributed by atoms with Crippen molar-refractivity contribution in [1.82, 2.24) is 14.5 Å². The molecule has 112 valence electrons. The maximum absolute atomic E-state index is 12.1. The van der Waals surface area contributed by atoms with E-state index in [1.807, 2.05) is 61.9 Å². The topological polar surface area (TPSA) is 62.7 Å². The van der Waals surface area contributed by atoms with E-state index in [-0.39, 0.29) is 5.91 Å². The fourth-order valence-corrected chi connectivity index (χ4v) is 2.30. The van der Waals surface area contributed by atoms with Gasteiger partial charge in [0, 0.05) is 23.3 Å². The van der Waals surface area contributed by atoms with E-state index >= 15 is 0 Å². The summed E-state index contributed by atoms with van der Waals surface area (Å²) >= 11 is 0. The average molecular weight is 294 g/mol.